The molecule has 4 atom stereocenters. The van der Waals surface area contributed by atoms with E-state index in [1.54, 1.807) is 56.1 Å². The van der Waals surface area contributed by atoms with Gasteiger partial charge in [-0.15, -0.1) is 0 Å². The Kier molecular flexibility index (Phi) is 11.8. The van der Waals surface area contributed by atoms with E-state index < -0.39 is 47.9 Å². The fourth-order valence-electron chi connectivity index (χ4n) is 4.48. The SMILES string of the molecule is CSCCC(N)C(=O)NC(C(=O)NC(Cc1c[nH]c2ccccc12)C(=O)NC(Cc1ccccc1)C(=O)O)C(C)C. The summed E-state index contributed by atoms with van der Waals surface area (Å²) in [6.07, 6.45) is 4.33. The fraction of sp³-hybridized carbons (Fsp3) is 0.400. The third-order valence-electron chi connectivity index (χ3n) is 6.85. The van der Waals surface area contributed by atoms with Crippen LogP contribution in [-0.4, -0.2) is 70.0 Å². The molecule has 4 unspecified atom stereocenters. The molecule has 7 N–H and O–H groups in total. The van der Waals surface area contributed by atoms with Crippen molar-refractivity contribution < 1.29 is 24.3 Å². The first-order valence-electron chi connectivity index (χ1n) is 13.6. The maximum atomic E-state index is 13.6. The van der Waals surface area contributed by atoms with Gasteiger partial charge >= 0.3 is 5.97 Å². The van der Waals surface area contributed by atoms with E-state index >= 15 is 0 Å². The number of rotatable bonds is 15. The van der Waals surface area contributed by atoms with E-state index in [-0.39, 0.29) is 18.8 Å². The molecule has 0 saturated carbocycles. The highest BCUT2D eigenvalue weighted by Gasteiger charge is 2.32. The van der Waals surface area contributed by atoms with Gasteiger partial charge in [-0.2, -0.15) is 11.8 Å². The van der Waals surface area contributed by atoms with Crippen molar-refractivity contribution in [3.8, 4) is 0 Å². The summed E-state index contributed by atoms with van der Waals surface area (Å²) >= 11 is 1.57. The Hall–Kier alpha value is -3.83. The molecular weight excluding hydrogens is 542 g/mol. The summed E-state index contributed by atoms with van der Waals surface area (Å²) in [4.78, 5) is 55.0. The molecular formula is C30H39N5O5S. The maximum absolute atomic E-state index is 13.6. The van der Waals surface area contributed by atoms with Gasteiger partial charge < -0.3 is 31.8 Å². The van der Waals surface area contributed by atoms with Crippen LogP contribution in [0.15, 0.2) is 60.8 Å². The Labute approximate surface area is 244 Å². The number of amides is 3. The minimum absolute atomic E-state index is 0.0777. The molecule has 0 spiro atoms. The smallest absolute Gasteiger partial charge is 0.326 e. The summed E-state index contributed by atoms with van der Waals surface area (Å²) in [6.45, 7) is 3.57. The van der Waals surface area contributed by atoms with E-state index in [0.29, 0.717) is 12.2 Å². The first kappa shape index (κ1) is 31.7. The number of fused-ring (bicyclic) bond motifs is 1. The van der Waals surface area contributed by atoms with Crippen LogP contribution in [0.1, 0.15) is 31.4 Å². The molecule has 0 aliphatic carbocycles. The highest BCUT2D eigenvalue weighted by molar-refractivity contribution is 7.98. The molecule has 0 aliphatic heterocycles. The number of aromatic nitrogens is 1. The average Bonchev–Trinajstić information content (AvgIpc) is 3.36. The van der Waals surface area contributed by atoms with Crippen molar-refractivity contribution in [1.29, 1.82) is 0 Å². The van der Waals surface area contributed by atoms with Gasteiger partial charge in [-0.1, -0.05) is 62.4 Å². The van der Waals surface area contributed by atoms with Crippen molar-refractivity contribution in [2.75, 3.05) is 12.0 Å². The Morgan fingerprint density at radius 3 is 2.20 bits per heavy atom. The van der Waals surface area contributed by atoms with E-state index in [1.165, 1.54) is 0 Å². The molecule has 11 heteroatoms. The number of carboxylic acid groups (broad SMARTS) is 1. The number of benzene rings is 2. The number of aromatic amines is 1. The fourth-order valence-corrected chi connectivity index (χ4v) is 4.97. The number of carbonyl (C=O) groups is 4. The van der Waals surface area contributed by atoms with Crippen LogP contribution in [-0.2, 0) is 32.0 Å². The molecule has 1 heterocycles. The molecule has 0 saturated heterocycles. The Balaban J connectivity index is 1.83. The van der Waals surface area contributed by atoms with E-state index in [9.17, 15) is 24.3 Å². The number of nitrogens with two attached hydrogens (primary N) is 1. The van der Waals surface area contributed by atoms with Gasteiger partial charge in [0.15, 0.2) is 0 Å². The number of H-pyrrole nitrogens is 1. The summed E-state index contributed by atoms with van der Waals surface area (Å²) in [7, 11) is 0. The third kappa shape index (κ3) is 9.09. The molecule has 10 nitrogen and oxygen atoms in total. The number of nitrogens with one attached hydrogen (secondary N) is 4. The number of para-hydroxylation sites is 1. The number of thioether (sulfide) groups is 1. The van der Waals surface area contributed by atoms with Gasteiger partial charge in [0.1, 0.15) is 18.1 Å². The topological polar surface area (TPSA) is 166 Å². The van der Waals surface area contributed by atoms with Gasteiger partial charge in [0, 0.05) is 29.9 Å². The van der Waals surface area contributed by atoms with Crippen LogP contribution >= 0.6 is 11.8 Å². The molecule has 41 heavy (non-hydrogen) atoms. The second-order valence-corrected chi connectivity index (χ2v) is 11.3. The summed E-state index contributed by atoms with van der Waals surface area (Å²) in [5, 5.41) is 18.9. The second kappa shape index (κ2) is 15.2. The largest absolute Gasteiger partial charge is 0.480 e. The number of carbonyl (C=O) groups excluding carboxylic acids is 3. The van der Waals surface area contributed by atoms with Crippen molar-refractivity contribution in [3.63, 3.8) is 0 Å². The van der Waals surface area contributed by atoms with E-state index in [1.807, 2.05) is 36.6 Å². The highest BCUT2D eigenvalue weighted by atomic mass is 32.2. The quantitative estimate of drug-likeness (QED) is 0.160. The molecule has 0 aliphatic rings. The van der Waals surface area contributed by atoms with Crippen molar-refractivity contribution in [3.05, 3.63) is 71.9 Å². The molecule has 0 bridgehead atoms. The van der Waals surface area contributed by atoms with Gasteiger partial charge in [0.25, 0.3) is 0 Å². The van der Waals surface area contributed by atoms with Crippen molar-refractivity contribution in [1.82, 2.24) is 20.9 Å². The lowest BCUT2D eigenvalue weighted by molar-refractivity contribution is -0.142. The number of carboxylic acids is 1. The van der Waals surface area contributed by atoms with Crippen LogP contribution in [0.3, 0.4) is 0 Å². The van der Waals surface area contributed by atoms with Crippen LogP contribution in [0, 0.1) is 5.92 Å². The van der Waals surface area contributed by atoms with E-state index in [4.69, 9.17) is 5.73 Å². The number of hydrogen-bond acceptors (Lipinski definition) is 6. The van der Waals surface area contributed by atoms with E-state index in [0.717, 1.165) is 22.0 Å². The molecule has 220 valence electrons. The average molecular weight is 582 g/mol. The predicted molar refractivity (Wildman–Crippen MR) is 161 cm³/mol. The maximum Gasteiger partial charge on any atom is 0.326 e. The van der Waals surface area contributed by atoms with Crippen LogP contribution in [0.5, 0.6) is 0 Å². The molecule has 1 aromatic heterocycles. The van der Waals surface area contributed by atoms with Gasteiger partial charge in [-0.25, -0.2) is 4.79 Å². The molecule has 0 radical (unpaired) electrons. The lowest BCUT2D eigenvalue weighted by Crippen LogP contribution is -2.59. The van der Waals surface area contributed by atoms with Gasteiger partial charge in [-0.05, 0) is 41.5 Å². The van der Waals surface area contributed by atoms with Crippen LogP contribution in [0.2, 0.25) is 0 Å². The van der Waals surface area contributed by atoms with Gasteiger partial charge in [0.05, 0.1) is 6.04 Å². The zero-order valence-corrected chi connectivity index (χ0v) is 24.4. The lowest BCUT2D eigenvalue weighted by Gasteiger charge is -2.27. The predicted octanol–water partition coefficient (Wildman–Crippen LogP) is 2.23. The summed E-state index contributed by atoms with van der Waals surface area (Å²) in [6, 6.07) is 12.5. The Bertz CT molecular complexity index is 1330. The minimum atomic E-state index is -1.21. The summed E-state index contributed by atoms with van der Waals surface area (Å²) < 4.78 is 0. The van der Waals surface area contributed by atoms with Crippen LogP contribution in [0.4, 0.5) is 0 Å². The highest BCUT2D eigenvalue weighted by Crippen LogP contribution is 2.19. The molecule has 0 fully saturated rings. The van der Waals surface area contributed by atoms with Crippen molar-refractivity contribution in [2.45, 2.75) is 57.3 Å². The normalized spacial score (nSPS) is 14.2. The van der Waals surface area contributed by atoms with Crippen LogP contribution in [0.25, 0.3) is 10.9 Å². The lowest BCUT2D eigenvalue weighted by atomic mass is 9.99. The first-order chi connectivity index (χ1) is 19.6. The van der Waals surface area contributed by atoms with Crippen LogP contribution < -0.4 is 21.7 Å². The standard InChI is InChI=1S/C30H39N5O5S/c1-18(2)26(35-27(36)22(31)13-14-41-3)29(38)33-24(16-20-17-32-23-12-8-7-11-21(20)23)28(37)34-25(30(39)40)15-19-9-5-4-6-10-19/h4-12,17-18,22,24-26,32H,13-16,31H2,1-3H3,(H,33,38)(H,34,37)(H,35,36)(H,39,40). The monoisotopic (exact) mass is 581 g/mol. The minimum Gasteiger partial charge on any atom is -0.480 e. The van der Waals surface area contributed by atoms with Crippen molar-refractivity contribution >= 4 is 46.4 Å². The molecule has 3 amide bonds. The summed E-state index contributed by atoms with van der Waals surface area (Å²) in [5.41, 5.74) is 8.40. The number of aliphatic carboxylic acids is 1. The zero-order chi connectivity index (χ0) is 29.9. The Morgan fingerprint density at radius 1 is 0.878 bits per heavy atom. The Morgan fingerprint density at radius 2 is 1.54 bits per heavy atom. The van der Waals surface area contributed by atoms with Crippen molar-refractivity contribution in [2.24, 2.45) is 11.7 Å². The molecule has 3 rings (SSSR count). The molecule has 3 aromatic rings. The van der Waals surface area contributed by atoms with Gasteiger partial charge in [-0.3, -0.25) is 14.4 Å². The number of hydrogen-bond donors (Lipinski definition) is 6. The third-order valence-corrected chi connectivity index (χ3v) is 7.49. The molecule has 2 aromatic carbocycles. The zero-order valence-electron chi connectivity index (χ0n) is 23.6. The van der Waals surface area contributed by atoms with Gasteiger partial charge in [0.2, 0.25) is 17.7 Å². The first-order valence-corrected chi connectivity index (χ1v) is 15.0. The summed E-state index contributed by atoms with van der Waals surface area (Å²) in [5.74, 6) is -2.43. The van der Waals surface area contributed by atoms with E-state index in [2.05, 4.69) is 20.9 Å². The second-order valence-electron chi connectivity index (χ2n) is 10.3.